The molecule has 0 aliphatic carbocycles. The van der Waals surface area contributed by atoms with Crippen molar-refractivity contribution in [3.63, 3.8) is 0 Å². The third-order valence-electron chi connectivity index (χ3n) is 6.03. The zero-order valence-electron chi connectivity index (χ0n) is 15.4. The van der Waals surface area contributed by atoms with Crippen LogP contribution in [0.25, 0.3) is 10.8 Å². The van der Waals surface area contributed by atoms with Crippen LogP contribution in [0.2, 0.25) is 0 Å². The van der Waals surface area contributed by atoms with Crippen LogP contribution in [0.5, 0.6) is 0 Å². The Morgan fingerprint density at radius 3 is 2.58 bits per heavy atom. The van der Waals surface area contributed by atoms with E-state index in [0.29, 0.717) is 12.0 Å². The van der Waals surface area contributed by atoms with Crippen LogP contribution in [0.15, 0.2) is 70.5 Å². The molecule has 26 heavy (non-hydrogen) atoms. The minimum atomic E-state index is 0.641. The lowest BCUT2D eigenvalue weighted by molar-refractivity contribution is 0.234. The fourth-order valence-electron chi connectivity index (χ4n) is 4.74. The van der Waals surface area contributed by atoms with Gasteiger partial charge in [0.05, 0.1) is 5.69 Å². The maximum Gasteiger partial charge on any atom is 0.0544 e. The molecular weight excluding hydrogens is 336 g/mol. The molecule has 2 aliphatic rings. The summed E-state index contributed by atoms with van der Waals surface area (Å²) in [5, 5.41) is 2.66. The van der Waals surface area contributed by atoms with Crippen LogP contribution in [0, 0.1) is 0 Å². The van der Waals surface area contributed by atoms with Crippen LogP contribution >= 0.6 is 11.8 Å². The minimum Gasteiger partial charge on any atom is -0.370 e. The van der Waals surface area contributed by atoms with E-state index in [1.807, 2.05) is 11.8 Å². The number of fused-ring (bicyclic) bond motifs is 4. The van der Waals surface area contributed by atoms with Gasteiger partial charge < -0.3 is 9.80 Å². The van der Waals surface area contributed by atoms with Crippen LogP contribution in [-0.2, 0) is 0 Å². The zero-order chi connectivity index (χ0) is 17.7. The molecule has 3 aromatic rings. The van der Waals surface area contributed by atoms with E-state index in [0.717, 1.165) is 0 Å². The minimum absolute atomic E-state index is 0.641. The Labute approximate surface area is 159 Å². The number of hydrogen-bond acceptors (Lipinski definition) is 3. The van der Waals surface area contributed by atoms with E-state index in [1.54, 1.807) is 0 Å². The Bertz CT molecular complexity index is 962. The average Bonchev–Trinajstić information content (AvgIpc) is 2.95. The molecule has 0 unspecified atom stereocenters. The summed E-state index contributed by atoms with van der Waals surface area (Å²) in [6.07, 6.45) is 1.25. The molecule has 2 heterocycles. The summed E-state index contributed by atoms with van der Waals surface area (Å²) in [5.41, 5.74) is 2.99. The number of para-hydroxylation sites is 1. The normalized spacial score (nSPS) is 22.5. The van der Waals surface area contributed by atoms with E-state index in [-0.39, 0.29) is 0 Å². The number of piperidine rings is 1. The van der Waals surface area contributed by atoms with Crippen molar-refractivity contribution in [1.82, 2.24) is 4.90 Å². The number of likely N-dealkylation sites (tertiary alicyclic amines) is 1. The van der Waals surface area contributed by atoms with Crippen molar-refractivity contribution in [3.05, 3.63) is 66.2 Å². The molecule has 5 rings (SSSR count). The Kier molecular flexibility index (Phi) is 3.95. The fraction of sp³-hybridized carbons (Fsp3) is 0.304. The lowest BCUT2D eigenvalue weighted by Crippen LogP contribution is -2.43. The third kappa shape index (κ3) is 2.53. The van der Waals surface area contributed by atoms with Gasteiger partial charge in [-0.2, -0.15) is 0 Å². The van der Waals surface area contributed by atoms with Gasteiger partial charge in [0.25, 0.3) is 0 Å². The van der Waals surface area contributed by atoms with Crippen LogP contribution in [0.4, 0.5) is 5.69 Å². The Morgan fingerprint density at radius 1 is 0.885 bits per heavy atom. The van der Waals surface area contributed by atoms with Crippen LogP contribution in [-0.4, -0.2) is 38.1 Å². The predicted octanol–water partition coefficient (Wildman–Crippen LogP) is 5.23. The summed E-state index contributed by atoms with van der Waals surface area (Å²) in [7, 11) is 4.55. The van der Waals surface area contributed by atoms with Crippen molar-refractivity contribution >= 4 is 28.2 Å². The molecule has 1 saturated heterocycles. The highest BCUT2D eigenvalue weighted by molar-refractivity contribution is 7.99. The predicted molar refractivity (Wildman–Crippen MR) is 112 cm³/mol. The van der Waals surface area contributed by atoms with E-state index in [2.05, 4.69) is 84.6 Å². The zero-order valence-corrected chi connectivity index (χ0v) is 16.2. The molecule has 0 N–H and O–H groups in total. The summed E-state index contributed by atoms with van der Waals surface area (Å²) in [4.78, 5) is 7.77. The second-order valence-corrected chi connectivity index (χ2v) is 8.69. The van der Waals surface area contributed by atoms with Gasteiger partial charge in [-0.05, 0) is 48.5 Å². The molecular formula is C23H24N2S. The van der Waals surface area contributed by atoms with Crippen LogP contribution in [0.3, 0.4) is 0 Å². The molecule has 2 atom stereocenters. The quantitative estimate of drug-likeness (QED) is 0.618. The van der Waals surface area contributed by atoms with Crippen molar-refractivity contribution in [2.75, 3.05) is 32.1 Å². The number of hydrogen-bond donors (Lipinski definition) is 0. The third-order valence-corrected chi connectivity index (χ3v) is 7.15. The molecule has 0 spiro atoms. The first-order valence-corrected chi connectivity index (χ1v) is 10.2. The van der Waals surface area contributed by atoms with E-state index in [4.69, 9.17) is 0 Å². The topological polar surface area (TPSA) is 6.48 Å². The van der Waals surface area contributed by atoms with Gasteiger partial charge in [-0.25, -0.2) is 0 Å². The lowest BCUT2D eigenvalue weighted by atomic mass is 9.89. The van der Waals surface area contributed by atoms with E-state index in [9.17, 15) is 0 Å². The van der Waals surface area contributed by atoms with Gasteiger partial charge in [-0.1, -0.05) is 60.3 Å². The lowest BCUT2D eigenvalue weighted by Gasteiger charge is -2.35. The van der Waals surface area contributed by atoms with Gasteiger partial charge in [0, 0.05) is 35.3 Å². The van der Waals surface area contributed by atoms with Crippen molar-refractivity contribution < 1.29 is 0 Å². The first-order valence-electron chi connectivity index (χ1n) is 9.42. The highest BCUT2D eigenvalue weighted by Crippen LogP contribution is 2.49. The maximum absolute atomic E-state index is 2.56. The summed E-state index contributed by atoms with van der Waals surface area (Å²) < 4.78 is 0. The number of anilines is 1. The monoisotopic (exact) mass is 360 g/mol. The first kappa shape index (κ1) is 16.2. The fourth-order valence-corrected chi connectivity index (χ4v) is 5.92. The van der Waals surface area contributed by atoms with Crippen molar-refractivity contribution in [3.8, 4) is 0 Å². The van der Waals surface area contributed by atoms with Gasteiger partial charge >= 0.3 is 0 Å². The number of rotatable bonds is 2. The van der Waals surface area contributed by atoms with Gasteiger partial charge in [0.2, 0.25) is 0 Å². The number of benzene rings is 3. The van der Waals surface area contributed by atoms with E-state index in [1.165, 1.54) is 51.3 Å². The summed E-state index contributed by atoms with van der Waals surface area (Å²) in [5.74, 6) is 0.641. The largest absolute Gasteiger partial charge is 0.370 e. The SMILES string of the molecule is CN1CC[C@@H]2[C@@H](C1)c1cccc(Sc3cccc4ccccc34)c1N2C. The standard InChI is InChI=1S/C23H24N2S/c1-24-14-13-20-19(15-24)18-10-6-12-22(23(18)25(20)2)26-21-11-5-8-16-7-3-4-9-17(16)21/h3-12,19-20H,13-15H2,1-2H3/t19-,20+/m0/s1. The smallest absolute Gasteiger partial charge is 0.0544 e. The van der Waals surface area contributed by atoms with Gasteiger partial charge in [-0.3, -0.25) is 0 Å². The Morgan fingerprint density at radius 2 is 1.65 bits per heavy atom. The van der Waals surface area contributed by atoms with Crippen LogP contribution in [0.1, 0.15) is 17.9 Å². The number of likely N-dealkylation sites (N-methyl/N-ethyl adjacent to an activating group) is 2. The molecule has 2 nitrogen and oxygen atoms in total. The summed E-state index contributed by atoms with van der Waals surface area (Å²) in [6.45, 7) is 2.37. The van der Waals surface area contributed by atoms with Crippen molar-refractivity contribution in [2.45, 2.75) is 28.2 Å². The van der Waals surface area contributed by atoms with Gasteiger partial charge in [0.1, 0.15) is 0 Å². The summed E-state index contributed by atoms with van der Waals surface area (Å²) in [6, 6.07) is 22.9. The van der Waals surface area contributed by atoms with Crippen molar-refractivity contribution in [1.29, 1.82) is 0 Å². The molecule has 3 aromatic carbocycles. The van der Waals surface area contributed by atoms with Crippen LogP contribution < -0.4 is 4.90 Å². The number of nitrogens with zero attached hydrogens (tertiary/aromatic N) is 2. The molecule has 132 valence electrons. The Balaban J connectivity index is 1.58. The highest BCUT2D eigenvalue weighted by atomic mass is 32.2. The molecule has 0 amide bonds. The highest BCUT2D eigenvalue weighted by Gasteiger charge is 2.40. The average molecular weight is 361 g/mol. The molecule has 0 saturated carbocycles. The van der Waals surface area contributed by atoms with Crippen molar-refractivity contribution in [2.24, 2.45) is 0 Å². The second kappa shape index (κ2) is 6.33. The van der Waals surface area contributed by atoms with E-state index < -0.39 is 0 Å². The molecule has 0 aromatic heterocycles. The molecule has 3 heteroatoms. The first-order chi connectivity index (χ1) is 12.7. The Hall–Kier alpha value is -1.97. The second-order valence-electron chi connectivity index (χ2n) is 7.61. The molecule has 0 radical (unpaired) electrons. The maximum atomic E-state index is 2.56. The summed E-state index contributed by atoms with van der Waals surface area (Å²) >= 11 is 1.92. The van der Waals surface area contributed by atoms with E-state index >= 15 is 0 Å². The molecule has 1 fully saturated rings. The molecule has 2 aliphatic heterocycles. The molecule has 0 bridgehead atoms. The van der Waals surface area contributed by atoms with Gasteiger partial charge in [0.15, 0.2) is 0 Å². The van der Waals surface area contributed by atoms with Gasteiger partial charge in [-0.15, -0.1) is 0 Å².